The molecule has 0 aromatic heterocycles. The van der Waals surface area contributed by atoms with Gasteiger partial charge in [0.1, 0.15) is 0 Å². The van der Waals surface area contributed by atoms with E-state index in [0.717, 1.165) is 0 Å². The first kappa shape index (κ1) is 13.4. The minimum atomic E-state index is -1.05. The molecule has 20 heavy (non-hydrogen) atoms. The van der Waals surface area contributed by atoms with Crippen LogP contribution in [0.2, 0.25) is 0 Å². The highest BCUT2D eigenvalue weighted by Crippen LogP contribution is 2.24. The molecule has 0 saturated heterocycles. The van der Waals surface area contributed by atoms with Crippen molar-refractivity contribution in [3.05, 3.63) is 53.6 Å². The molecule has 2 aromatic rings. The molecule has 6 nitrogen and oxygen atoms in total. The molecule has 1 amide bonds. The Morgan fingerprint density at radius 1 is 1.05 bits per heavy atom. The largest absolute Gasteiger partial charge is 0.478 e. The van der Waals surface area contributed by atoms with Crippen LogP contribution in [0.3, 0.4) is 0 Å². The molecule has 2 aromatic carbocycles. The van der Waals surface area contributed by atoms with Gasteiger partial charge in [0.2, 0.25) is 5.91 Å². The molecule has 0 fully saturated rings. The van der Waals surface area contributed by atoms with E-state index in [2.05, 4.69) is 5.32 Å². The number of primary amides is 1. The number of rotatable bonds is 4. The van der Waals surface area contributed by atoms with Gasteiger partial charge in [0.25, 0.3) is 0 Å². The number of benzene rings is 2. The van der Waals surface area contributed by atoms with E-state index >= 15 is 0 Å². The number of carbonyl (C=O) groups is 2. The van der Waals surface area contributed by atoms with Crippen LogP contribution in [0.4, 0.5) is 17.1 Å². The van der Waals surface area contributed by atoms with E-state index in [-0.39, 0.29) is 5.56 Å². The summed E-state index contributed by atoms with van der Waals surface area (Å²) in [6.07, 6.45) is 0. The minimum Gasteiger partial charge on any atom is -0.478 e. The molecule has 2 rings (SSSR count). The third-order valence-corrected chi connectivity index (χ3v) is 2.72. The normalized spacial score (nSPS) is 10.0. The summed E-state index contributed by atoms with van der Waals surface area (Å²) in [7, 11) is 0. The molecular formula is C14H13N3O3. The third-order valence-electron chi connectivity index (χ3n) is 2.72. The SMILES string of the molecule is NC(=O)c1ccc(Nc2cc(N)ccc2C(=O)O)cc1. The number of hydrogen-bond acceptors (Lipinski definition) is 4. The van der Waals surface area contributed by atoms with Crippen molar-refractivity contribution in [2.45, 2.75) is 0 Å². The van der Waals surface area contributed by atoms with Crippen molar-refractivity contribution in [3.8, 4) is 0 Å². The van der Waals surface area contributed by atoms with Crippen LogP contribution in [0.5, 0.6) is 0 Å². The van der Waals surface area contributed by atoms with Gasteiger partial charge in [-0.1, -0.05) is 0 Å². The van der Waals surface area contributed by atoms with Crippen molar-refractivity contribution in [2.75, 3.05) is 11.1 Å². The van der Waals surface area contributed by atoms with E-state index < -0.39 is 11.9 Å². The summed E-state index contributed by atoms with van der Waals surface area (Å²) >= 11 is 0. The van der Waals surface area contributed by atoms with Crippen LogP contribution in [0.1, 0.15) is 20.7 Å². The van der Waals surface area contributed by atoms with Gasteiger partial charge < -0.3 is 21.9 Å². The van der Waals surface area contributed by atoms with E-state index in [9.17, 15) is 9.59 Å². The van der Waals surface area contributed by atoms with Gasteiger partial charge in [-0.25, -0.2) is 4.79 Å². The molecule has 0 aliphatic heterocycles. The molecular weight excluding hydrogens is 258 g/mol. The van der Waals surface area contributed by atoms with Gasteiger partial charge in [-0.3, -0.25) is 4.79 Å². The third kappa shape index (κ3) is 2.86. The number of nitrogens with one attached hydrogen (secondary N) is 1. The lowest BCUT2D eigenvalue weighted by atomic mass is 10.1. The second-order valence-corrected chi connectivity index (χ2v) is 4.18. The smallest absolute Gasteiger partial charge is 0.337 e. The summed E-state index contributed by atoms with van der Waals surface area (Å²) in [5.41, 5.74) is 12.7. The molecule has 0 spiro atoms. The van der Waals surface area contributed by atoms with E-state index in [1.54, 1.807) is 24.3 Å². The van der Waals surface area contributed by atoms with E-state index in [1.807, 2.05) is 0 Å². The van der Waals surface area contributed by atoms with Crippen LogP contribution in [0.25, 0.3) is 0 Å². The number of carbonyl (C=O) groups excluding carboxylic acids is 1. The Labute approximate surface area is 115 Å². The van der Waals surface area contributed by atoms with E-state index in [1.165, 1.54) is 18.2 Å². The van der Waals surface area contributed by atoms with Gasteiger partial charge in [0.15, 0.2) is 0 Å². The van der Waals surface area contributed by atoms with Gasteiger partial charge in [-0.2, -0.15) is 0 Å². The minimum absolute atomic E-state index is 0.109. The predicted octanol–water partition coefficient (Wildman–Crippen LogP) is 1.81. The number of nitrogens with two attached hydrogens (primary N) is 2. The van der Waals surface area contributed by atoms with E-state index in [4.69, 9.17) is 16.6 Å². The monoisotopic (exact) mass is 271 g/mol. The maximum Gasteiger partial charge on any atom is 0.337 e. The molecule has 6 heteroatoms. The number of aromatic carboxylic acids is 1. The van der Waals surface area contributed by atoms with Crippen LogP contribution < -0.4 is 16.8 Å². The maximum atomic E-state index is 11.1. The lowest BCUT2D eigenvalue weighted by molar-refractivity contribution is 0.0697. The molecule has 6 N–H and O–H groups in total. The molecule has 0 radical (unpaired) electrons. The Balaban J connectivity index is 2.31. The summed E-state index contributed by atoms with van der Waals surface area (Å²) < 4.78 is 0. The van der Waals surface area contributed by atoms with Crippen LogP contribution in [0.15, 0.2) is 42.5 Å². The van der Waals surface area contributed by atoms with Crippen LogP contribution in [-0.4, -0.2) is 17.0 Å². The second-order valence-electron chi connectivity index (χ2n) is 4.18. The summed E-state index contributed by atoms with van der Waals surface area (Å²) in [6, 6.07) is 10.9. The number of nitrogen functional groups attached to an aromatic ring is 1. The van der Waals surface area contributed by atoms with Gasteiger partial charge in [-0.05, 0) is 42.5 Å². The Hall–Kier alpha value is -3.02. The molecule has 0 bridgehead atoms. The molecule has 0 aliphatic rings. The van der Waals surface area contributed by atoms with Gasteiger partial charge in [-0.15, -0.1) is 0 Å². The zero-order valence-electron chi connectivity index (χ0n) is 10.5. The van der Waals surface area contributed by atoms with Crippen molar-refractivity contribution in [2.24, 2.45) is 5.73 Å². The number of hydrogen-bond donors (Lipinski definition) is 4. The van der Waals surface area contributed by atoms with Crippen molar-refractivity contribution in [1.29, 1.82) is 0 Å². The van der Waals surface area contributed by atoms with Crippen LogP contribution in [0, 0.1) is 0 Å². The standard InChI is InChI=1S/C14H13N3O3/c15-9-3-6-11(14(19)20)12(7-9)17-10-4-1-8(2-5-10)13(16)18/h1-7,17H,15H2,(H2,16,18)(H,19,20). The van der Waals surface area contributed by atoms with Gasteiger partial charge in [0.05, 0.1) is 11.3 Å². The highest BCUT2D eigenvalue weighted by molar-refractivity contribution is 5.96. The number of amides is 1. The highest BCUT2D eigenvalue weighted by Gasteiger charge is 2.10. The second kappa shape index (κ2) is 5.31. The number of carboxylic acids is 1. The van der Waals surface area contributed by atoms with Crippen molar-refractivity contribution in [3.63, 3.8) is 0 Å². The van der Waals surface area contributed by atoms with Crippen molar-refractivity contribution in [1.82, 2.24) is 0 Å². The first-order chi connectivity index (χ1) is 9.47. The molecule has 0 saturated carbocycles. The van der Waals surface area contributed by atoms with Crippen molar-refractivity contribution < 1.29 is 14.7 Å². The highest BCUT2D eigenvalue weighted by atomic mass is 16.4. The Bertz CT molecular complexity index is 666. The number of carboxylic acid groups (broad SMARTS) is 1. The van der Waals surface area contributed by atoms with E-state index in [0.29, 0.717) is 22.6 Å². The fourth-order valence-corrected chi connectivity index (χ4v) is 1.73. The Morgan fingerprint density at radius 2 is 1.70 bits per heavy atom. The fourth-order valence-electron chi connectivity index (χ4n) is 1.73. The zero-order chi connectivity index (χ0) is 14.7. The summed E-state index contributed by atoms with van der Waals surface area (Å²) in [6.45, 7) is 0. The summed E-state index contributed by atoms with van der Waals surface area (Å²) in [4.78, 5) is 22.1. The topological polar surface area (TPSA) is 118 Å². The first-order valence-electron chi connectivity index (χ1n) is 5.77. The average Bonchev–Trinajstić information content (AvgIpc) is 2.39. The Kier molecular flexibility index (Phi) is 3.56. The Morgan fingerprint density at radius 3 is 2.25 bits per heavy atom. The quantitative estimate of drug-likeness (QED) is 0.632. The summed E-state index contributed by atoms with van der Waals surface area (Å²) in [5.74, 6) is -1.58. The van der Waals surface area contributed by atoms with Crippen LogP contribution in [-0.2, 0) is 0 Å². The molecule has 0 unspecified atom stereocenters. The van der Waals surface area contributed by atoms with Gasteiger partial charge in [0, 0.05) is 16.9 Å². The molecule has 0 heterocycles. The molecule has 0 atom stereocenters. The molecule has 0 aliphatic carbocycles. The zero-order valence-corrected chi connectivity index (χ0v) is 10.5. The predicted molar refractivity (Wildman–Crippen MR) is 76.1 cm³/mol. The van der Waals surface area contributed by atoms with Crippen LogP contribution >= 0.6 is 0 Å². The lowest BCUT2D eigenvalue weighted by Gasteiger charge is -2.10. The van der Waals surface area contributed by atoms with Crippen molar-refractivity contribution >= 4 is 28.9 Å². The average molecular weight is 271 g/mol. The first-order valence-corrected chi connectivity index (χ1v) is 5.77. The lowest BCUT2D eigenvalue weighted by Crippen LogP contribution is -2.10. The fraction of sp³-hybridized carbons (Fsp3) is 0. The summed E-state index contributed by atoms with van der Waals surface area (Å²) in [5, 5.41) is 12.1. The molecule has 102 valence electrons. The maximum absolute atomic E-state index is 11.1. The number of anilines is 3. The van der Waals surface area contributed by atoms with Gasteiger partial charge >= 0.3 is 5.97 Å².